The summed E-state index contributed by atoms with van der Waals surface area (Å²) in [7, 11) is 0. The van der Waals surface area contributed by atoms with Gasteiger partial charge < -0.3 is 5.32 Å². The van der Waals surface area contributed by atoms with Crippen molar-refractivity contribution in [2.24, 2.45) is 0 Å². The van der Waals surface area contributed by atoms with Gasteiger partial charge in [-0.1, -0.05) is 6.08 Å². The summed E-state index contributed by atoms with van der Waals surface area (Å²) in [5.41, 5.74) is 2.16. The van der Waals surface area contributed by atoms with E-state index in [2.05, 4.69) is 11.4 Å². The normalized spacial score (nSPS) is 16.8. The molecule has 0 aliphatic carbocycles. The first-order chi connectivity index (χ1) is 6.40. The molecule has 0 saturated heterocycles. The molecule has 2 nitrogen and oxygen atoms in total. The first-order valence-corrected chi connectivity index (χ1v) is 5.22. The molecular formula is C10H11NOS. The van der Waals surface area contributed by atoms with Gasteiger partial charge in [0.05, 0.1) is 0 Å². The highest BCUT2D eigenvalue weighted by Gasteiger charge is 2.07. The lowest BCUT2D eigenvalue weighted by Crippen LogP contribution is -2.19. The van der Waals surface area contributed by atoms with E-state index in [-0.39, 0.29) is 0 Å². The first kappa shape index (κ1) is 8.66. The van der Waals surface area contributed by atoms with Gasteiger partial charge in [0.1, 0.15) is 0 Å². The van der Waals surface area contributed by atoms with E-state index >= 15 is 0 Å². The quantitative estimate of drug-likeness (QED) is 0.727. The van der Waals surface area contributed by atoms with E-state index in [0.29, 0.717) is 0 Å². The van der Waals surface area contributed by atoms with Crippen molar-refractivity contribution in [2.45, 2.75) is 6.42 Å². The number of nitrogens with one attached hydrogen (secondary N) is 1. The minimum atomic E-state index is 0.791. The SMILES string of the molecule is O=Cc1csc(C2=CCNCC2)c1. The molecule has 0 saturated carbocycles. The van der Waals surface area contributed by atoms with Gasteiger partial charge >= 0.3 is 0 Å². The van der Waals surface area contributed by atoms with Gasteiger partial charge in [-0.15, -0.1) is 11.3 Å². The Morgan fingerprint density at radius 2 is 2.46 bits per heavy atom. The molecule has 0 fully saturated rings. The van der Waals surface area contributed by atoms with Crippen molar-refractivity contribution in [1.82, 2.24) is 5.32 Å². The largest absolute Gasteiger partial charge is 0.313 e. The molecule has 1 aromatic rings. The standard InChI is InChI=1S/C10H11NOS/c12-6-8-5-10(13-7-8)9-1-3-11-4-2-9/h1,5-7,11H,2-4H2. The maximum Gasteiger partial charge on any atom is 0.150 e. The Labute approximate surface area is 81.3 Å². The molecule has 1 aliphatic rings. The summed E-state index contributed by atoms with van der Waals surface area (Å²) in [4.78, 5) is 11.7. The van der Waals surface area contributed by atoms with E-state index in [1.807, 2.05) is 11.4 Å². The molecule has 0 spiro atoms. The van der Waals surface area contributed by atoms with Crippen molar-refractivity contribution in [3.05, 3.63) is 28.0 Å². The maximum absolute atomic E-state index is 10.5. The van der Waals surface area contributed by atoms with Crippen LogP contribution in [0.5, 0.6) is 0 Å². The summed E-state index contributed by atoms with van der Waals surface area (Å²) in [6.45, 7) is 1.99. The zero-order valence-electron chi connectivity index (χ0n) is 7.25. The van der Waals surface area contributed by atoms with Crippen LogP contribution in [0.15, 0.2) is 17.5 Å². The third kappa shape index (κ3) is 1.87. The number of aldehydes is 1. The third-order valence-corrected chi connectivity index (χ3v) is 3.16. The Morgan fingerprint density at radius 3 is 3.08 bits per heavy atom. The fourth-order valence-electron chi connectivity index (χ4n) is 1.43. The zero-order chi connectivity index (χ0) is 9.10. The topological polar surface area (TPSA) is 29.1 Å². The van der Waals surface area contributed by atoms with Crippen molar-refractivity contribution < 1.29 is 4.79 Å². The summed E-state index contributed by atoms with van der Waals surface area (Å²) in [5, 5.41) is 5.17. The molecule has 1 N–H and O–H groups in total. The van der Waals surface area contributed by atoms with Crippen LogP contribution in [0.25, 0.3) is 5.57 Å². The van der Waals surface area contributed by atoms with Gasteiger partial charge in [0.2, 0.25) is 0 Å². The van der Waals surface area contributed by atoms with Crippen molar-refractivity contribution >= 4 is 23.2 Å². The van der Waals surface area contributed by atoms with Gasteiger partial charge in [-0.25, -0.2) is 0 Å². The summed E-state index contributed by atoms with van der Waals surface area (Å²) in [6.07, 6.45) is 4.17. The molecule has 0 unspecified atom stereocenters. The highest BCUT2D eigenvalue weighted by Crippen LogP contribution is 2.25. The van der Waals surface area contributed by atoms with Crippen molar-refractivity contribution in [3.63, 3.8) is 0 Å². The Bertz CT molecular complexity index is 340. The lowest BCUT2D eigenvalue weighted by molar-refractivity contribution is 0.112. The van der Waals surface area contributed by atoms with E-state index in [1.165, 1.54) is 10.5 Å². The summed E-state index contributed by atoms with van der Waals surface area (Å²) in [6, 6.07) is 1.97. The fourth-order valence-corrected chi connectivity index (χ4v) is 2.36. The zero-order valence-corrected chi connectivity index (χ0v) is 8.06. The van der Waals surface area contributed by atoms with E-state index in [0.717, 1.165) is 31.4 Å². The molecule has 1 aliphatic heterocycles. The maximum atomic E-state index is 10.5. The fraction of sp³-hybridized carbons (Fsp3) is 0.300. The molecule has 0 atom stereocenters. The minimum Gasteiger partial charge on any atom is -0.313 e. The van der Waals surface area contributed by atoms with Crippen molar-refractivity contribution in [1.29, 1.82) is 0 Å². The Kier molecular flexibility index (Phi) is 2.57. The first-order valence-electron chi connectivity index (χ1n) is 4.34. The molecule has 1 aromatic heterocycles. The number of hydrogen-bond acceptors (Lipinski definition) is 3. The Morgan fingerprint density at radius 1 is 1.54 bits per heavy atom. The molecule has 13 heavy (non-hydrogen) atoms. The molecule has 68 valence electrons. The van der Waals surface area contributed by atoms with Gasteiger partial charge in [-0.3, -0.25) is 4.79 Å². The number of carbonyl (C=O) groups excluding carboxylic acids is 1. The molecule has 0 radical (unpaired) electrons. The number of rotatable bonds is 2. The third-order valence-electron chi connectivity index (χ3n) is 2.14. The van der Waals surface area contributed by atoms with Gasteiger partial charge in [0, 0.05) is 22.4 Å². The number of carbonyl (C=O) groups is 1. The predicted molar refractivity (Wildman–Crippen MR) is 55.2 cm³/mol. The van der Waals surface area contributed by atoms with Gasteiger partial charge in [0.25, 0.3) is 0 Å². The molecule has 0 amide bonds. The van der Waals surface area contributed by atoms with Crippen molar-refractivity contribution in [2.75, 3.05) is 13.1 Å². The number of hydrogen-bond donors (Lipinski definition) is 1. The number of thiophene rings is 1. The molecular weight excluding hydrogens is 182 g/mol. The second-order valence-corrected chi connectivity index (χ2v) is 3.96. The monoisotopic (exact) mass is 193 g/mol. The molecule has 2 heterocycles. The molecule has 0 aromatic carbocycles. The van der Waals surface area contributed by atoms with Gasteiger partial charge in [0.15, 0.2) is 6.29 Å². The average molecular weight is 193 g/mol. The van der Waals surface area contributed by atoms with E-state index < -0.39 is 0 Å². The molecule has 2 rings (SSSR count). The second kappa shape index (κ2) is 3.85. The Balaban J connectivity index is 2.23. The van der Waals surface area contributed by atoms with Crippen molar-refractivity contribution in [3.8, 4) is 0 Å². The van der Waals surface area contributed by atoms with Gasteiger partial charge in [-0.2, -0.15) is 0 Å². The van der Waals surface area contributed by atoms with Crippen LogP contribution in [0.3, 0.4) is 0 Å². The minimum absolute atomic E-state index is 0.791. The van der Waals surface area contributed by atoms with Crippen LogP contribution in [-0.4, -0.2) is 19.4 Å². The summed E-state index contributed by atoms with van der Waals surface area (Å²) >= 11 is 1.65. The average Bonchev–Trinajstić information content (AvgIpc) is 2.67. The lowest BCUT2D eigenvalue weighted by atomic mass is 10.1. The van der Waals surface area contributed by atoms with E-state index in [9.17, 15) is 4.79 Å². The van der Waals surface area contributed by atoms with Crippen LogP contribution >= 0.6 is 11.3 Å². The van der Waals surface area contributed by atoms with E-state index in [4.69, 9.17) is 0 Å². The molecule has 0 bridgehead atoms. The van der Waals surface area contributed by atoms with Crippen LogP contribution in [0, 0.1) is 0 Å². The van der Waals surface area contributed by atoms with Crippen LogP contribution in [0.4, 0.5) is 0 Å². The second-order valence-electron chi connectivity index (χ2n) is 3.05. The van der Waals surface area contributed by atoms with Crippen LogP contribution in [0.2, 0.25) is 0 Å². The smallest absolute Gasteiger partial charge is 0.150 e. The molecule has 3 heteroatoms. The van der Waals surface area contributed by atoms with Gasteiger partial charge in [-0.05, 0) is 24.6 Å². The highest BCUT2D eigenvalue weighted by atomic mass is 32.1. The highest BCUT2D eigenvalue weighted by molar-refractivity contribution is 7.11. The summed E-state index contributed by atoms with van der Waals surface area (Å²) in [5.74, 6) is 0. The van der Waals surface area contributed by atoms with Crippen LogP contribution in [0.1, 0.15) is 21.7 Å². The predicted octanol–water partition coefficient (Wildman–Crippen LogP) is 1.94. The van der Waals surface area contributed by atoms with E-state index in [1.54, 1.807) is 11.3 Å². The lowest BCUT2D eigenvalue weighted by Gasteiger charge is -2.11. The van der Waals surface area contributed by atoms with Crippen LogP contribution in [-0.2, 0) is 0 Å². The Hall–Kier alpha value is -0.930. The van der Waals surface area contributed by atoms with Crippen LogP contribution < -0.4 is 5.32 Å². The summed E-state index contributed by atoms with van der Waals surface area (Å²) < 4.78 is 0.